The van der Waals surface area contributed by atoms with Gasteiger partial charge in [0.15, 0.2) is 0 Å². The van der Waals surface area contributed by atoms with E-state index in [4.69, 9.17) is 0 Å². The number of alkyl halides is 1. The fourth-order valence-corrected chi connectivity index (χ4v) is 5.98. The molecule has 0 unspecified atom stereocenters. The van der Waals surface area contributed by atoms with Gasteiger partial charge in [0.1, 0.15) is 0 Å². The molecule has 1 heteroatoms. The smallest absolute Gasteiger partial charge is 0.00313 e. The van der Waals surface area contributed by atoms with Crippen LogP contribution in [-0.2, 0) is 6.42 Å². The molecule has 0 bridgehead atoms. The van der Waals surface area contributed by atoms with Gasteiger partial charge in [-0.15, -0.1) is 0 Å². The molecule has 0 aromatic heterocycles. The molecular formula is C31H33Br. The van der Waals surface area contributed by atoms with Gasteiger partial charge >= 0.3 is 0 Å². The Morgan fingerprint density at radius 2 is 1.03 bits per heavy atom. The van der Waals surface area contributed by atoms with E-state index in [0.29, 0.717) is 0 Å². The van der Waals surface area contributed by atoms with Gasteiger partial charge in [0.25, 0.3) is 0 Å². The van der Waals surface area contributed by atoms with Gasteiger partial charge in [0.2, 0.25) is 0 Å². The Morgan fingerprint density at radius 3 is 1.72 bits per heavy atom. The van der Waals surface area contributed by atoms with E-state index in [2.05, 4.69) is 82.7 Å². The molecule has 5 rings (SSSR count). The van der Waals surface area contributed by atoms with Crippen molar-refractivity contribution in [3.8, 4) is 0 Å². The highest BCUT2D eigenvalue weighted by Crippen LogP contribution is 2.41. The summed E-state index contributed by atoms with van der Waals surface area (Å²) in [5, 5.41) is 12.5. The zero-order valence-electron chi connectivity index (χ0n) is 19.0. The Kier molecular flexibility index (Phi) is 6.93. The number of rotatable bonds is 11. The predicted molar refractivity (Wildman–Crippen MR) is 147 cm³/mol. The summed E-state index contributed by atoms with van der Waals surface area (Å²) >= 11 is 3.53. The van der Waals surface area contributed by atoms with E-state index in [1.54, 1.807) is 5.56 Å². The maximum atomic E-state index is 3.53. The summed E-state index contributed by atoms with van der Waals surface area (Å²) < 4.78 is 0. The van der Waals surface area contributed by atoms with Gasteiger partial charge in [-0.1, -0.05) is 128 Å². The van der Waals surface area contributed by atoms with Crippen molar-refractivity contribution in [1.29, 1.82) is 0 Å². The Bertz CT molecular complexity index is 1300. The van der Waals surface area contributed by atoms with Crippen LogP contribution in [0.4, 0.5) is 0 Å². The van der Waals surface area contributed by atoms with Crippen molar-refractivity contribution in [1.82, 2.24) is 0 Å². The third-order valence-electron chi connectivity index (χ3n) is 7.20. The topological polar surface area (TPSA) is 0 Å². The van der Waals surface area contributed by atoms with Crippen LogP contribution in [0, 0.1) is 0 Å². The quantitative estimate of drug-likeness (QED) is 0.0756. The molecule has 0 radical (unpaired) electrons. The lowest BCUT2D eigenvalue weighted by Gasteiger charge is -2.17. The van der Waals surface area contributed by atoms with Crippen molar-refractivity contribution in [2.45, 2.75) is 64.2 Å². The van der Waals surface area contributed by atoms with Crippen LogP contribution in [0.3, 0.4) is 0 Å². The first-order valence-electron chi connectivity index (χ1n) is 12.5. The second kappa shape index (κ2) is 10.2. The molecule has 0 aliphatic rings. The van der Waals surface area contributed by atoms with Crippen molar-refractivity contribution in [2.75, 3.05) is 5.33 Å². The van der Waals surface area contributed by atoms with Crippen molar-refractivity contribution >= 4 is 59.0 Å². The van der Waals surface area contributed by atoms with Crippen LogP contribution in [0.15, 0.2) is 66.7 Å². The first kappa shape index (κ1) is 21.7. The van der Waals surface area contributed by atoms with Gasteiger partial charge in [0, 0.05) is 5.33 Å². The minimum atomic E-state index is 1.16. The van der Waals surface area contributed by atoms with E-state index >= 15 is 0 Å². The van der Waals surface area contributed by atoms with E-state index in [9.17, 15) is 0 Å². The summed E-state index contributed by atoms with van der Waals surface area (Å²) in [6.45, 7) is 0. The first-order chi connectivity index (χ1) is 15.9. The molecule has 0 nitrogen and oxygen atoms in total. The maximum absolute atomic E-state index is 3.53. The number of unbranched alkanes of at least 4 members (excludes halogenated alkanes) is 8. The fraction of sp³-hybridized carbons (Fsp3) is 0.355. The SMILES string of the molecule is BrCCCCCCCCCCCc1c2ccccc2c2ccc3cccc4ccc1c2c43. The molecule has 0 atom stereocenters. The molecule has 0 saturated carbocycles. The predicted octanol–water partition coefficient (Wildman–Crippen LogP) is 10.2. The summed E-state index contributed by atoms with van der Waals surface area (Å²) in [6.07, 6.45) is 13.5. The van der Waals surface area contributed by atoms with E-state index in [1.807, 2.05) is 0 Å². The van der Waals surface area contributed by atoms with E-state index in [1.165, 1.54) is 107 Å². The van der Waals surface area contributed by atoms with Crippen LogP contribution >= 0.6 is 15.9 Å². The summed E-state index contributed by atoms with van der Waals surface area (Å²) in [5.41, 5.74) is 1.56. The summed E-state index contributed by atoms with van der Waals surface area (Å²) in [7, 11) is 0. The number of hydrogen-bond donors (Lipinski definition) is 0. The molecule has 0 N–H and O–H groups in total. The highest BCUT2D eigenvalue weighted by Gasteiger charge is 2.15. The lowest BCUT2D eigenvalue weighted by molar-refractivity contribution is 0.566. The molecule has 0 spiro atoms. The van der Waals surface area contributed by atoms with Crippen molar-refractivity contribution < 1.29 is 0 Å². The zero-order chi connectivity index (χ0) is 21.8. The molecule has 0 aliphatic carbocycles. The van der Waals surface area contributed by atoms with Crippen LogP contribution < -0.4 is 0 Å². The highest BCUT2D eigenvalue weighted by atomic mass is 79.9. The molecule has 0 saturated heterocycles. The van der Waals surface area contributed by atoms with E-state index < -0.39 is 0 Å². The number of fused-ring (bicyclic) bond motifs is 2. The third kappa shape index (κ3) is 4.25. The van der Waals surface area contributed by atoms with Crippen molar-refractivity contribution in [2.24, 2.45) is 0 Å². The minimum absolute atomic E-state index is 1.16. The fourth-order valence-electron chi connectivity index (χ4n) is 5.59. The molecule has 32 heavy (non-hydrogen) atoms. The van der Waals surface area contributed by atoms with Crippen LogP contribution in [0.25, 0.3) is 43.1 Å². The summed E-state index contributed by atoms with van der Waals surface area (Å²) in [5.74, 6) is 0. The van der Waals surface area contributed by atoms with Crippen molar-refractivity contribution in [3.63, 3.8) is 0 Å². The average Bonchev–Trinajstić information content (AvgIpc) is 2.84. The van der Waals surface area contributed by atoms with E-state index in [-0.39, 0.29) is 0 Å². The summed E-state index contributed by atoms with van der Waals surface area (Å²) in [4.78, 5) is 0. The molecule has 0 amide bonds. The van der Waals surface area contributed by atoms with E-state index in [0.717, 1.165) is 5.33 Å². The first-order valence-corrected chi connectivity index (χ1v) is 13.6. The number of benzene rings is 5. The normalized spacial score (nSPS) is 12.0. The number of aryl methyl sites for hydroxylation is 1. The molecule has 164 valence electrons. The minimum Gasteiger partial charge on any atom is -0.0928 e. The van der Waals surface area contributed by atoms with Gasteiger partial charge in [-0.2, -0.15) is 0 Å². The van der Waals surface area contributed by atoms with Gasteiger partial charge in [-0.25, -0.2) is 0 Å². The lowest BCUT2D eigenvalue weighted by Crippen LogP contribution is -1.94. The summed E-state index contributed by atoms with van der Waals surface area (Å²) in [6, 6.07) is 25.1. The van der Waals surface area contributed by atoms with Crippen LogP contribution in [-0.4, -0.2) is 5.33 Å². The number of hydrogen-bond acceptors (Lipinski definition) is 0. The largest absolute Gasteiger partial charge is 0.0928 e. The number of halogens is 1. The third-order valence-corrected chi connectivity index (χ3v) is 7.77. The molecule has 0 fully saturated rings. The Balaban J connectivity index is 1.38. The highest BCUT2D eigenvalue weighted by molar-refractivity contribution is 9.09. The lowest BCUT2D eigenvalue weighted by atomic mass is 9.86. The standard InChI is InChI=1S/C31H33Br/c32-22-11-7-5-3-1-2-4-6-8-15-26-25-16-9-10-17-27(25)29-21-19-24-14-12-13-23-18-20-28(26)31(29)30(23)24/h9-10,12-14,16-21H,1-8,11,15,22H2. The molecule has 5 aromatic rings. The zero-order valence-corrected chi connectivity index (χ0v) is 20.6. The maximum Gasteiger partial charge on any atom is 0.00313 e. The Morgan fingerprint density at radius 1 is 0.438 bits per heavy atom. The molecule has 0 aliphatic heterocycles. The van der Waals surface area contributed by atoms with Gasteiger partial charge in [-0.05, 0) is 67.9 Å². The molecule has 5 aromatic carbocycles. The Labute approximate surface area is 200 Å². The average molecular weight is 486 g/mol. The monoisotopic (exact) mass is 484 g/mol. The second-order valence-electron chi connectivity index (χ2n) is 9.33. The van der Waals surface area contributed by atoms with Gasteiger partial charge in [-0.3, -0.25) is 0 Å². The Hall–Kier alpha value is -2.12. The van der Waals surface area contributed by atoms with Crippen molar-refractivity contribution in [3.05, 3.63) is 72.3 Å². The van der Waals surface area contributed by atoms with Crippen LogP contribution in [0.2, 0.25) is 0 Å². The molecule has 0 heterocycles. The van der Waals surface area contributed by atoms with Crippen LogP contribution in [0.5, 0.6) is 0 Å². The second-order valence-corrected chi connectivity index (χ2v) is 10.1. The van der Waals surface area contributed by atoms with Gasteiger partial charge in [0.05, 0.1) is 0 Å². The molecular weight excluding hydrogens is 452 g/mol. The van der Waals surface area contributed by atoms with Crippen LogP contribution in [0.1, 0.15) is 63.4 Å². The van der Waals surface area contributed by atoms with Gasteiger partial charge < -0.3 is 0 Å².